The molecule has 0 aromatic carbocycles. The summed E-state index contributed by atoms with van der Waals surface area (Å²) >= 11 is 0. The molecule has 0 bridgehead atoms. The number of halogens is 3. The summed E-state index contributed by atoms with van der Waals surface area (Å²) in [5, 5.41) is 0. The van der Waals surface area contributed by atoms with Gasteiger partial charge in [0.1, 0.15) is 0 Å². The Morgan fingerprint density at radius 3 is 2.35 bits per heavy atom. The summed E-state index contributed by atoms with van der Waals surface area (Å²) in [4.78, 5) is 2.19. The van der Waals surface area contributed by atoms with E-state index in [2.05, 4.69) is 18.4 Å². The minimum atomic E-state index is -3.99. The van der Waals surface area contributed by atoms with Crippen LogP contribution in [-0.4, -0.2) is 30.7 Å². The van der Waals surface area contributed by atoms with E-state index in [1.165, 1.54) is 5.57 Å². The van der Waals surface area contributed by atoms with Crippen molar-refractivity contribution >= 4 is 0 Å². The van der Waals surface area contributed by atoms with Gasteiger partial charge in [0.2, 0.25) is 0 Å². The average molecular weight is 247 g/mol. The summed E-state index contributed by atoms with van der Waals surface area (Å²) in [6, 6.07) is 0. The fraction of sp³-hybridized carbons (Fsp3) is 0.846. The molecule has 2 rings (SSSR count). The largest absolute Gasteiger partial charge is 0.389 e. The highest BCUT2D eigenvalue weighted by molar-refractivity contribution is 5.09. The van der Waals surface area contributed by atoms with Gasteiger partial charge in [0, 0.05) is 19.5 Å². The van der Waals surface area contributed by atoms with Gasteiger partial charge in [-0.15, -0.1) is 6.58 Å². The fourth-order valence-corrected chi connectivity index (χ4v) is 3.13. The van der Waals surface area contributed by atoms with E-state index in [1.54, 1.807) is 0 Å². The van der Waals surface area contributed by atoms with Crippen molar-refractivity contribution in [3.63, 3.8) is 0 Å². The van der Waals surface area contributed by atoms with Crippen LogP contribution in [0.5, 0.6) is 0 Å². The number of likely N-dealkylation sites (tertiary alicyclic amines) is 1. The Labute approximate surface area is 101 Å². The number of alkyl halides is 3. The van der Waals surface area contributed by atoms with E-state index in [-0.39, 0.29) is 6.42 Å². The van der Waals surface area contributed by atoms with Crippen LogP contribution >= 0.6 is 0 Å². The van der Waals surface area contributed by atoms with Gasteiger partial charge in [-0.1, -0.05) is 5.57 Å². The highest BCUT2D eigenvalue weighted by Gasteiger charge is 2.54. The lowest BCUT2D eigenvalue weighted by Crippen LogP contribution is -2.26. The molecular formula is C13H20F3N. The molecule has 0 aromatic heterocycles. The van der Waals surface area contributed by atoms with Crippen LogP contribution < -0.4 is 0 Å². The summed E-state index contributed by atoms with van der Waals surface area (Å²) in [6.45, 7) is 8.57. The van der Waals surface area contributed by atoms with Gasteiger partial charge in [0.25, 0.3) is 0 Å². The third-order valence-corrected chi connectivity index (χ3v) is 3.97. The predicted octanol–water partition coefficient (Wildman–Crippen LogP) is 3.47. The Morgan fingerprint density at radius 1 is 1.29 bits per heavy atom. The molecule has 0 spiro atoms. The first kappa shape index (κ1) is 12.9. The summed E-state index contributed by atoms with van der Waals surface area (Å²) in [6.07, 6.45) is -3.29. The highest BCUT2D eigenvalue weighted by atomic mass is 19.4. The molecule has 98 valence electrons. The standard InChI is InChI=1S/C13H20F3N/c1-9(2)6-10-11-7-17(8-12(10)11)5-3-4-13(14,15)16/h10-12H,1,3-8H2,2H3/t10?,11-,12+. The van der Waals surface area contributed by atoms with E-state index in [9.17, 15) is 13.2 Å². The quantitative estimate of drug-likeness (QED) is 0.672. The summed E-state index contributed by atoms with van der Waals surface area (Å²) in [5.74, 6) is 2.24. The monoisotopic (exact) mass is 247 g/mol. The van der Waals surface area contributed by atoms with Gasteiger partial charge in [-0.25, -0.2) is 0 Å². The lowest BCUT2D eigenvalue weighted by atomic mass is 10.1. The van der Waals surface area contributed by atoms with Gasteiger partial charge in [-0.3, -0.25) is 0 Å². The van der Waals surface area contributed by atoms with Crippen molar-refractivity contribution in [1.29, 1.82) is 0 Å². The Kier molecular flexibility index (Phi) is 3.53. The number of hydrogen-bond donors (Lipinski definition) is 0. The van der Waals surface area contributed by atoms with E-state index >= 15 is 0 Å². The van der Waals surface area contributed by atoms with E-state index in [4.69, 9.17) is 0 Å². The zero-order chi connectivity index (χ0) is 12.6. The second-order valence-corrected chi connectivity index (χ2v) is 5.63. The zero-order valence-electron chi connectivity index (χ0n) is 10.3. The molecule has 0 N–H and O–H groups in total. The van der Waals surface area contributed by atoms with Crippen LogP contribution in [0.1, 0.15) is 26.2 Å². The molecule has 2 aliphatic rings. The molecule has 17 heavy (non-hydrogen) atoms. The van der Waals surface area contributed by atoms with E-state index in [1.807, 2.05) is 0 Å². The predicted molar refractivity (Wildman–Crippen MR) is 61.6 cm³/mol. The fourth-order valence-electron chi connectivity index (χ4n) is 3.13. The third kappa shape index (κ3) is 3.47. The van der Waals surface area contributed by atoms with Gasteiger partial charge in [0.15, 0.2) is 0 Å². The number of rotatable bonds is 5. The molecule has 1 nitrogen and oxygen atoms in total. The van der Waals surface area contributed by atoms with Crippen molar-refractivity contribution in [1.82, 2.24) is 4.90 Å². The van der Waals surface area contributed by atoms with Gasteiger partial charge >= 0.3 is 6.18 Å². The van der Waals surface area contributed by atoms with Gasteiger partial charge in [0.05, 0.1) is 0 Å². The minimum absolute atomic E-state index is 0.244. The topological polar surface area (TPSA) is 3.24 Å². The van der Waals surface area contributed by atoms with Gasteiger partial charge in [-0.2, -0.15) is 13.2 Å². The number of allylic oxidation sites excluding steroid dienone is 1. The lowest BCUT2D eigenvalue weighted by molar-refractivity contribution is -0.136. The summed E-state index contributed by atoms with van der Waals surface area (Å²) < 4.78 is 36.0. The SMILES string of the molecule is C=C(C)CC1[C@H]2CN(CCCC(F)(F)F)C[C@@H]12. The number of nitrogens with zero attached hydrogens (tertiary/aromatic N) is 1. The Hall–Kier alpha value is -0.510. The van der Waals surface area contributed by atoms with Crippen molar-refractivity contribution in [2.24, 2.45) is 17.8 Å². The molecule has 1 saturated heterocycles. The molecule has 3 atom stereocenters. The average Bonchev–Trinajstić information content (AvgIpc) is 2.64. The first-order chi connectivity index (χ1) is 7.87. The van der Waals surface area contributed by atoms with Crippen molar-refractivity contribution in [3.05, 3.63) is 12.2 Å². The van der Waals surface area contributed by atoms with Gasteiger partial charge < -0.3 is 4.90 Å². The van der Waals surface area contributed by atoms with Crippen LogP contribution in [0.15, 0.2) is 12.2 Å². The number of fused-ring (bicyclic) bond motifs is 1. The van der Waals surface area contributed by atoms with Crippen LogP contribution in [0.25, 0.3) is 0 Å². The molecule has 1 unspecified atom stereocenters. The van der Waals surface area contributed by atoms with Crippen LogP contribution in [0.3, 0.4) is 0 Å². The highest BCUT2D eigenvalue weighted by Crippen LogP contribution is 2.54. The first-order valence-corrected chi connectivity index (χ1v) is 6.30. The molecule has 1 aliphatic carbocycles. The van der Waals surface area contributed by atoms with Crippen LogP contribution in [0.4, 0.5) is 13.2 Å². The Balaban J connectivity index is 1.61. The Morgan fingerprint density at radius 2 is 1.88 bits per heavy atom. The summed E-state index contributed by atoms with van der Waals surface area (Å²) in [5.41, 5.74) is 1.23. The van der Waals surface area contributed by atoms with Crippen LogP contribution in [0, 0.1) is 17.8 Å². The molecule has 1 heterocycles. The van der Waals surface area contributed by atoms with E-state index < -0.39 is 12.6 Å². The molecule has 1 saturated carbocycles. The van der Waals surface area contributed by atoms with Crippen LogP contribution in [-0.2, 0) is 0 Å². The maximum absolute atomic E-state index is 12.0. The molecule has 0 radical (unpaired) electrons. The summed E-state index contributed by atoms with van der Waals surface area (Å²) in [7, 11) is 0. The van der Waals surface area contributed by atoms with Crippen LogP contribution in [0.2, 0.25) is 0 Å². The second kappa shape index (κ2) is 4.63. The lowest BCUT2D eigenvalue weighted by Gasteiger charge is -2.19. The second-order valence-electron chi connectivity index (χ2n) is 5.63. The van der Waals surface area contributed by atoms with Crippen molar-refractivity contribution in [3.8, 4) is 0 Å². The first-order valence-electron chi connectivity index (χ1n) is 6.30. The molecular weight excluding hydrogens is 227 g/mol. The van der Waals surface area contributed by atoms with E-state index in [0.29, 0.717) is 6.54 Å². The third-order valence-electron chi connectivity index (χ3n) is 3.97. The molecule has 0 aromatic rings. The molecule has 0 amide bonds. The van der Waals surface area contributed by atoms with Crippen molar-refractivity contribution in [2.45, 2.75) is 32.4 Å². The van der Waals surface area contributed by atoms with Crippen molar-refractivity contribution < 1.29 is 13.2 Å². The molecule has 1 aliphatic heterocycles. The Bertz CT molecular complexity index is 286. The molecule has 4 heteroatoms. The molecule has 2 fully saturated rings. The maximum atomic E-state index is 12.0. The smallest absolute Gasteiger partial charge is 0.303 e. The normalized spacial score (nSPS) is 32.6. The van der Waals surface area contributed by atoms with Crippen molar-refractivity contribution in [2.75, 3.05) is 19.6 Å². The van der Waals surface area contributed by atoms with Gasteiger partial charge in [-0.05, 0) is 44.1 Å². The van der Waals surface area contributed by atoms with E-state index in [0.717, 1.165) is 37.3 Å². The maximum Gasteiger partial charge on any atom is 0.389 e. The number of hydrogen-bond acceptors (Lipinski definition) is 1. The number of piperidine rings is 1. The minimum Gasteiger partial charge on any atom is -0.303 e. The zero-order valence-corrected chi connectivity index (χ0v) is 10.3.